The van der Waals surface area contributed by atoms with E-state index in [9.17, 15) is 4.79 Å². The van der Waals surface area contributed by atoms with Gasteiger partial charge < -0.3 is 9.67 Å². The molecule has 1 aromatic rings. The number of hydrogen-bond donors (Lipinski definition) is 1. The molecule has 0 saturated carbocycles. The quantitative estimate of drug-likeness (QED) is 0.728. The van der Waals surface area contributed by atoms with Gasteiger partial charge in [0.2, 0.25) is 0 Å². The van der Waals surface area contributed by atoms with Gasteiger partial charge in [0.1, 0.15) is 18.1 Å². The van der Waals surface area contributed by atoms with E-state index in [1.165, 1.54) is 0 Å². The summed E-state index contributed by atoms with van der Waals surface area (Å²) in [6.07, 6.45) is 3.15. The Morgan fingerprint density at radius 2 is 2.46 bits per heavy atom. The lowest BCUT2D eigenvalue weighted by molar-refractivity contribution is -0.139. The summed E-state index contributed by atoms with van der Waals surface area (Å²) in [5, 5.41) is 16.3. The Balaban J connectivity index is 0.000000845. The summed E-state index contributed by atoms with van der Waals surface area (Å²) in [6, 6.07) is 0. The molecule has 1 aliphatic rings. The molecule has 1 atom stereocenters. The number of nitrogens with zero attached hydrogens (tertiary/aromatic N) is 3. The van der Waals surface area contributed by atoms with E-state index in [4.69, 9.17) is 5.11 Å². The minimum absolute atomic E-state index is 0. The first-order valence-electron chi connectivity index (χ1n) is 3.89. The van der Waals surface area contributed by atoms with E-state index >= 15 is 0 Å². The van der Waals surface area contributed by atoms with E-state index in [0.717, 1.165) is 13.0 Å². The number of aromatic nitrogens is 3. The van der Waals surface area contributed by atoms with Crippen molar-refractivity contribution in [3.63, 3.8) is 0 Å². The van der Waals surface area contributed by atoms with Crippen LogP contribution >= 0.6 is 12.4 Å². The third kappa shape index (κ3) is 1.65. The number of carbonyl (C=O) groups is 1. The van der Waals surface area contributed by atoms with Gasteiger partial charge in [-0.15, -0.1) is 22.6 Å². The molecule has 5 nitrogen and oxygen atoms in total. The van der Waals surface area contributed by atoms with E-state index in [1.54, 1.807) is 6.33 Å². The van der Waals surface area contributed by atoms with Gasteiger partial charge in [0.15, 0.2) is 0 Å². The molecule has 0 amide bonds. The number of carboxylic acid groups (broad SMARTS) is 1. The maximum Gasteiger partial charge on any atom is 0.314 e. The molecule has 1 aliphatic heterocycles. The van der Waals surface area contributed by atoms with Crippen LogP contribution in [0.1, 0.15) is 24.6 Å². The van der Waals surface area contributed by atoms with E-state index < -0.39 is 11.9 Å². The topological polar surface area (TPSA) is 68.0 Å². The van der Waals surface area contributed by atoms with Gasteiger partial charge in [-0.05, 0) is 12.8 Å². The minimum Gasteiger partial charge on any atom is -0.481 e. The molecule has 0 fully saturated rings. The van der Waals surface area contributed by atoms with Crippen molar-refractivity contribution in [2.75, 3.05) is 0 Å². The summed E-state index contributed by atoms with van der Waals surface area (Å²) in [5.41, 5.74) is 0. The van der Waals surface area contributed by atoms with Gasteiger partial charge in [0.25, 0.3) is 0 Å². The highest BCUT2D eigenvalue weighted by Crippen LogP contribution is 2.24. The number of hydrogen-bond acceptors (Lipinski definition) is 3. The summed E-state index contributed by atoms with van der Waals surface area (Å²) in [6.45, 7) is 0.839. The van der Waals surface area contributed by atoms with Crippen LogP contribution in [-0.2, 0) is 11.3 Å². The SMILES string of the molecule is Cl.O=C(O)C1CCCn2cnnc21. The Hall–Kier alpha value is -1.10. The Morgan fingerprint density at radius 3 is 3.15 bits per heavy atom. The Morgan fingerprint density at radius 1 is 1.69 bits per heavy atom. The summed E-state index contributed by atoms with van der Waals surface area (Å²) < 4.78 is 1.81. The first-order valence-corrected chi connectivity index (χ1v) is 3.89. The molecule has 2 heterocycles. The lowest BCUT2D eigenvalue weighted by Gasteiger charge is -2.18. The molecule has 0 saturated heterocycles. The zero-order chi connectivity index (χ0) is 8.55. The molecule has 6 heteroatoms. The highest BCUT2D eigenvalue weighted by atomic mass is 35.5. The third-order valence-corrected chi connectivity index (χ3v) is 2.15. The van der Waals surface area contributed by atoms with Crippen LogP contribution in [-0.4, -0.2) is 25.8 Å². The van der Waals surface area contributed by atoms with E-state index in [1.807, 2.05) is 4.57 Å². The predicted octanol–water partition coefficient (Wildman–Crippen LogP) is 0.662. The second-order valence-electron chi connectivity index (χ2n) is 2.92. The summed E-state index contributed by atoms with van der Waals surface area (Å²) in [7, 11) is 0. The fourth-order valence-electron chi connectivity index (χ4n) is 1.53. The molecular formula is C7H10ClN3O2. The van der Waals surface area contributed by atoms with Gasteiger partial charge >= 0.3 is 5.97 Å². The van der Waals surface area contributed by atoms with E-state index in [2.05, 4.69) is 10.2 Å². The van der Waals surface area contributed by atoms with Crippen molar-refractivity contribution < 1.29 is 9.90 Å². The van der Waals surface area contributed by atoms with Crippen molar-refractivity contribution in [3.8, 4) is 0 Å². The molecule has 0 aromatic carbocycles. The van der Waals surface area contributed by atoms with Gasteiger partial charge in [-0.1, -0.05) is 0 Å². The van der Waals surface area contributed by atoms with Crippen LogP contribution in [0.4, 0.5) is 0 Å². The zero-order valence-electron chi connectivity index (χ0n) is 6.88. The molecule has 1 aromatic heterocycles. The van der Waals surface area contributed by atoms with Crippen LogP contribution in [0.5, 0.6) is 0 Å². The van der Waals surface area contributed by atoms with Crippen molar-refractivity contribution >= 4 is 18.4 Å². The second-order valence-corrected chi connectivity index (χ2v) is 2.92. The number of halogens is 1. The standard InChI is InChI=1S/C7H9N3O2.ClH/c11-7(12)5-2-1-3-10-4-8-9-6(5)10;/h4-5H,1-3H2,(H,11,12);1H. The number of aliphatic carboxylic acids is 1. The first-order chi connectivity index (χ1) is 5.79. The van der Waals surface area contributed by atoms with Crippen LogP contribution in [0.25, 0.3) is 0 Å². The molecule has 72 valence electrons. The summed E-state index contributed by atoms with van der Waals surface area (Å²) in [5.74, 6) is -0.668. The largest absolute Gasteiger partial charge is 0.481 e. The number of aryl methyl sites for hydroxylation is 1. The average molecular weight is 204 g/mol. The van der Waals surface area contributed by atoms with Crippen molar-refractivity contribution in [2.24, 2.45) is 0 Å². The van der Waals surface area contributed by atoms with Crippen LogP contribution in [0.2, 0.25) is 0 Å². The fraction of sp³-hybridized carbons (Fsp3) is 0.571. The summed E-state index contributed by atoms with van der Waals surface area (Å²) >= 11 is 0. The van der Waals surface area contributed by atoms with Crippen molar-refractivity contribution in [1.29, 1.82) is 0 Å². The lowest BCUT2D eigenvalue weighted by Crippen LogP contribution is -2.21. The maximum absolute atomic E-state index is 10.7. The molecule has 2 rings (SSSR count). The third-order valence-electron chi connectivity index (χ3n) is 2.15. The monoisotopic (exact) mass is 203 g/mol. The number of rotatable bonds is 1. The predicted molar refractivity (Wildman–Crippen MR) is 46.9 cm³/mol. The van der Waals surface area contributed by atoms with E-state index in [-0.39, 0.29) is 12.4 Å². The molecular weight excluding hydrogens is 194 g/mol. The van der Waals surface area contributed by atoms with Gasteiger partial charge in [0.05, 0.1) is 0 Å². The minimum atomic E-state index is -0.802. The molecule has 13 heavy (non-hydrogen) atoms. The second kappa shape index (κ2) is 3.74. The highest BCUT2D eigenvalue weighted by molar-refractivity contribution is 5.85. The van der Waals surface area contributed by atoms with Gasteiger partial charge in [-0.25, -0.2) is 0 Å². The van der Waals surface area contributed by atoms with Crippen LogP contribution in [0, 0.1) is 0 Å². The lowest BCUT2D eigenvalue weighted by atomic mass is 9.99. The molecule has 0 spiro atoms. The zero-order valence-corrected chi connectivity index (χ0v) is 7.70. The van der Waals surface area contributed by atoms with Gasteiger partial charge in [-0.3, -0.25) is 4.79 Å². The van der Waals surface area contributed by atoms with Crippen LogP contribution in [0.3, 0.4) is 0 Å². The normalized spacial score (nSPS) is 20.2. The molecule has 0 bridgehead atoms. The summed E-state index contributed by atoms with van der Waals surface area (Å²) in [4.78, 5) is 10.7. The molecule has 1 N–H and O–H groups in total. The Labute approximate surface area is 81.2 Å². The molecule has 0 aliphatic carbocycles. The van der Waals surface area contributed by atoms with Crippen LogP contribution < -0.4 is 0 Å². The fourth-order valence-corrected chi connectivity index (χ4v) is 1.53. The average Bonchev–Trinajstić information content (AvgIpc) is 2.49. The smallest absolute Gasteiger partial charge is 0.314 e. The maximum atomic E-state index is 10.7. The van der Waals surface area contributed by atoms with Crippen molar-refractivity contribution in [3.05, 3.63) is 12.2 Å². The first kappa shape index (κ1) is 9.98. The van der Waals surface area contributed by atoms with Crippen molar-refractivity contribution in [1.82, 2.24) is 14.8 Å². The number of carboxylic acids is 1. The Bertz CT molecular complexity index is 312. The van der Waals surface area contributed by atoms with Crippen molar-refractivity contribution in [2.45, 2.75) is 25.3 Å². The molecule has 1 unspecified atom stereocenters. The van der Waals surface area contributed by atoms with Gasteiger partial charge in [-0.2, -0.15) is 0 Å². The van der Waals surface area contributed by atoms with E-state index in [0.29, 0.717) is 12.2 Å². The number of fused-ring (bicyclic) bond motifs is 1. The highest BCUT2D eigenvalue weighted by Gasteiger charge is 2.27. The van der Waals surface area contributed by atoms with Gasteiger partial charge in [0, 0.05) is 6.54 Å². The Kier molecular flexibility index (Phi) is 2.87. The molecule has 0 radical (unpaired) electrons. The van der Waals surface area contributed by atoms with Crippen LogP contribution in [0.15, 0.2) is 6.33 Å².